The van der Waals surface area contributed by atoms with Crippen LogP contribution in [-0.4, -0.2) is 35.4 Å². The number of hydrogen-bond donors (Lipinski definition) is 1. The third kappa shape index (κ3) is 4.68. The van der Waals surface area contributed by atoms with Gasteiger partial charge in [-0.15, -0.1) is 0 Å². The van der Waals surface area contributed by atoms with Crippen LogP contribution in [0.3, 0.4) is 0 Å². The number of nitrogens with one attached hydrogen (secondary N) is 1. The second kappa shape index (κ2) is 7.96. The average molecular weight is 345 g/mol. The Morgan fingerprint density at radius 2 is 1.84 bits per heavy atom. The third-order valence-electron chi connectivity index (χ3n) is 3.86. The molecule has 0 aliphatic heterocycles. The van der Waals surface area contributed by atoms with Gasteiger partial charge in [0.15, 0.2) is 0 Å². The van der Waals surface area contributed by atoms with E-state index in [0.717, 1.165) is 0 Å². The Labute approximate surface area is 147 Å². The molecule has 1 aromatic carbocycles. The molecule has 2 aromatic rings. The monoisotopic (exact) mass is 345 g/mol. The molecule has 0 saturated heterocycles. The number of rotatable bonds is 6. The topological polar surface area (TPSA) is 54.3 Å². The lowest BCUT2D eigenvalue weighted by Crippen LogP contribution is -2.27. The molecule has 1 N–H and O–H groups in total. The molecule has 0 bridgehead atoms. The molecule has 0 fully saturated rings. The van der Waals surface area contributed by atoms with E-state index in [-0.39, 0.29) is 17.5 Å². The molecule has 6 heteroatoms. The summed E-state index contributed by atoms with van der Waals surface area (Å²) >= 11 is 0. The van der Waals surface area contributed by atoms with Crippen molar-refractivity contribution >= 4 is 17.5 Å². The van der Waals surface area contributed by atoms with Gasteiger partial charge in [0.2, 0.25) is 5.91 Å². The normalized spacial score (nSPS) is 12.1. The second-order valence-electron chi connectivity index (χ2n) is 6.66. The van der Waals surface area contributed by atoms with Crippen LogP contribution >= 0.6 is 0 Å². The zero-order valence-corrected chi connectivity index (χ0v) is 15.0. The molecule has 1 atom stereocenters. The van der Waals surface area contributed by atoms with Crippen molar-refractivity contribution in [3.05, 3.63) is 54.1 Å². The summed E-state index contributed by atoms with van der Waals surface area (Å²) in [6.45, 7) is 4.10. The minimum atomic E-state index is -0.610. The van der Waals surface area contributed by atoms with Crippen LogP contribution in [0, 0.1) is 11.7 Å². The summed E-state index contributed by atoms with van der Waals surface area (Å²) in [5, 5.41) is 2.80. The van der Waals surface area contributed by atoms with E-state index in [4.69, 9.17) is 0 Å². The van der Waals surface area contributed by atoms with Crippen LogP contribution in [0.5, 0.6) is 0 Å². The van der Waals surface area contributed by atoms with Gasteiger partial charge in [0, 0.05) is 32.2 Å². The van der Waals surface area contributed by atoms with Crippen LogP contribution in [0.4, 0.5) is 10.1 Å². The summed E-state index contributed by atoms with van der Waals surface area (Å²) in [4.78, 5) is 26.1. The van der Waals surface area contributed by atoms with E-state index in [2.05, 4.69) is 19.2 Å². The molecule has 0 spiro atoms. The van der Waals surface area contributed by atoms with Gasteiger partial charge in [-0.1, -0.05) is 13.8 Å². The lowest BCUT2D eigenvalue weighted by Gasteiger charge is -2.21. The van der Waals surface area contributed by atoms with Crippen molar-refractivity contribution in [3.8, 4) is 0 Å². The van der Waals surface area contributed by atoms with Crippen molar-refractivity contribution in [3.63, 3.8) is 0 Å². The molecular weight excluding hydrogens is 321 g/mol. The first-order chi connectivity index (χ1) is 11.8. The van der Waals surface area contributed by atoms with Crippen LogP contribution in [0.1, 0.15) is 36.7 Å². The highest BCUT2D eigenvalue weighted by atomic mass is 19.1. The Morgan fingerprint density at radius 3 is 2.40 bits per heavy atom. The number of benzene rings is 1. The fourth-order valence-electron chi connectivity index (χ4n) is 2.60. The Hall–Kier alpha value is -2.63. The van der Waals surface area contributed by atoms with Gasteiger partial charge in [-0.2, -0.15) is 0 Å². The molecule has 134 valence electrons. The van der Waals surface area contributed by atoms with Gasteiger partial charge in [0.25, 0.3) is 5.91 Å². The summed E-state index contributed by atoms with van der Waals surface area (Å²) in [7, 11) is 3.11. The molecule has 25 heavy (non-hydrogen) atoms. The number of halogens is 1. The van der Waals surface area contributed by atoms with Crippen molar-refractivity contribution in [1.82, 2.24) is 9.47 Å². The molecule has 0 radical (unpaired) electrons. The SMILES string of the molecule is CC(C)C[C@H](C(=O)Nc1ccc(F)c(C(=O)N(C)C)c1)n1cccc1. The number of hydrogen-bond acceptors (Lipinski definition) is 2. The predicted molar refractivity (Wildman–Crippen MR) is 96.0 cm³/mol. The van der Waals surface area contributed by atoms with Crippen LogP contribution in [-0.2, 0) is 4.79 Å². The number of carbonyl (C=O) groups is 2. The maximum absolute atomic E-state index is 13.9. The summed E-state index contributed by atoms with van der Waals surface area (Å²) in [6.07, 6.45) is 4.36. The Morgan fingerprint density at radius 1 is 1.20 bits per heavy atom. The highest BCUT2D eigenvalue weighted by molar-refractivity contribution is 5.98. The van der Waals surface area contributed by atoms with Crippen LogP contribution in [0.25, 0.3) is 0 Å². The standard InChI is InChI=1S/C19H24FN3O2/c1-13(2)11-17(23-9-5-6-10-23)18(24)21-14-7-8-16(20)15(12-14)19(25)22(3)4/h5-10,12-13,17H,11H2,1-4H3,(H,21,24)/t17-/m1/s1. The Kier molecular flexibility index (Phi) is 5.96. The van der Waals surface area contributed by atoms with E-state index >= 15 is 0 Å². The fraction of sp³-hybridized carbons (Fsp3) is 0.368. The van der Waals surface area contributed by atoms with Gasteiger partial charge in [0.05, 0.1) is 5.56 Å². The molecular formula is C19H24FN3O2. The zero-order valence-electron chi connectivity index (χ0n) is 15.0. The lowest BCUT2D eigenvalue weighted by atomic mass is 10.0. The summed E-state index contributed by atoms with van der Waals surface area (Å²) in [5.74, 6) is -0.921. The Bertz CT molecular complexity index is 739. The van der Waals surface area contributed by atoms with Crippen LogP contribution in [0.15, 0.2) is 42.7 Å². The van der Waals surface area contributed by atoms with Gasteiger partial charge in [0.1, 0.15) is 11.9 Å². The minimum Gasteiger partial charge on any atom is -0.345 e. The van der Waals surface area contributed by atoms with Gasteiger partial charge < -0.3 is 14.8 Å². The first-order valence-corrected chi connectivity index (χ1v) is 8.24. The van der Waals surface area contributed by atoms with Crippen molar-refractivity contribution < 1.29 is 14.0 Å². The maximum Gasteiger partial charge on any atom is 0.256 e. The number of amides is 2. The van der Waals surface area contributed by atoms with Crippen molar-refractivity contribution in [1.29, 1.82) is 0 Å². The predicted octanol–water partition coefficient (Wildman–Crippen LogP) is 3.55. The van der Waals surface area contributed by atoms with E-state index in [1.54, 1.807) is 14.1 Å². The highest BCUT2D eigenvalue weighted by Gasteiger charge is 2.22. The Balaban J connectivity index is 2.23. The molecule has 0 unspecified atom stereocenters. The number of nitrogens with zero attached hydrogens (tertiary/aromatic N) is 2. The molecule has 1 heterocycles. The van der Waals surface area contributed by atoms with E-state index in [0.29, 0.717) is 18.0 Å². The largest absolute Gasteiger partial charge is 0.345 e. The quantitative estimate of drug-likeness (QED) is 0.870. The molecule has 5 nitrogen and oxygen atoms in total. The molecule has 0 aliphatic carbocycles. The van der Waals surface area contributed by atoms with E-state index in [9.17, 15) is 14.0 Å². The van der Waals surface area contributed by atoms with Gasteiger partial charge in [-0.3, -0.25) is 9.59 Å². The molecule has 2 rings (SSSR count). The summed E-state index contributed by atoms with van der Waals surface area (Å²) < 4.78 is 15.8. The minimum absolute atomic E-state index is 0.0656. The fourth-order valence-corrected chi connectivity index (χ4v) is 2.60. The smallest absolute Gasteiger partial charge is 0.256 e. The second-order valence-corrected chi connectivity index (χ2v) is 6.66. The molecule has 0 saturated carbocycles. The first-order valence-electron chi connectivity index (χ1n) is 8.24. The molecule has 2 amide bonds. The van der Waals surface area contributed by atoms with Crippen LogP contribution < -0.4 is 5.32 Å². The average Bonchev–Trinajstić information content (AvgIpc) is 3.07. The zero-order chi connectivity index (χ0) is 18.6. The first kappa shape index (κ1) is 18.7. The number of anilines is 1. The van der Waals surface area contributed by atoms with Crippen molar-refractivity contribution in [2.75, 3.05) is 19.4 Å². The third-order valence-corrected chi connectivity index (χ3v) is 3.86. The van der Waals surface area contributed by atoms with E-state index in [1.807, 2.05) is 29.1 Å². The van der Waals surface area contributed by atoms with Gasteiger partial charge in [-0.25, -0.2) is 4.39 Å². The van der Waals surface area contributed by atoms with Crippen molar-refractivity contribution in [2.45, 2.75) is 26.3 Å². The van der Waals surface area contributed by atoms with Crippen molar-refractivity contribution in [2.24, 2.45) is 5.92 Å². The van der Waals surface area contributed by atoms with Gasteiger partial charge >= 0.3 is 0 Å². The number of carbonyl (C=O) groups excluding carboxylic acids is 2. The highest BCUT2D eigenvalue weighted by Crippen LogP contribution is 2.22. The molecule has 0 aliphatic rings. The van der Waals surface area contributed by atoms with Gasteiger partial charge in [-0.05, 0) is 42.7 Å². The number of aromatic nitrogens is 1. The van der Waals surface area contributed by atoms with E-state index < -0.39 is 11.7 Å². The molecule has 1 aromatic heterocycles. The van der Waals surface area contributed by atoms with E-state index in [1.165, 1.54) is 23.1 Å². The summed E-state index contributed by atoms with van der Waals surface area (Å²) in [6, 6.07) is 7.39. The summed E-state index contributed by atoms with van der Waals surface area (Å²) in [5.41, 5.74) is 0.335. The lowest BCUT2D eigenvalue weighted by molar-refractivity contribution is -0.119. The maximum atomic E-state index is 13.9. The van der Waals surface area contributed by atoms with Crippen LogP contribution in [0.2, 0.25) is 0 Å².